The van der Waals surface area contributed by atoms with Crippen molar-refractivity contribution in [2.24, 2.45) is 0 Å². The number of anilines is 2. The first-order valence-corrected chi connectivity index (χ1v) is 12.9. The Bertz CT molecular complexity index is 1200. The van der Waals surface area contributed by atoms with Crippen LogP contribution in [0.5, 0.6) is 0 Å². The van der Waals surface area contributed by atoms with Gasteiger partial charge in [0.05, 0.1) is 10.5 Å². The average Bonchev–Trinajstić information content (AvgIpc) is 3.36. The zero-order valence-corrected chi connectivity index (χ0v) is 21.5. The molecule has 0 aliphatic carbocycles. The van der Waals surface area contributed by atoms with E-state index >= 15 is 0 Å². The van der Waals surface area contributed by atoms with Gasteiger partial charge in [-0.05, 0) is 55.8 Å². The van der Waals surface area contributed by atoms with Gasteiger partial charge < -0.3 is 15.1 Å². The fraction of sp³-hybridized carbons (Fsp3) is 0.500. The molecule has 2 fully saturated rings. The number of carbonyl (C=O) groups is 1. The Hall–Kier alpha value is -3.55. The number of piperazine rings is 1. The fourth-order valence-electron chi connectivity index (χ4n) is 5.06. The molecule has 0 aromatic heterocycles. The molecule has 2 aromatic carbocycles. The van der Waals surface area contributed by atoms with Crippen LogP contribution in [0.4, 0.5) is 43.4 Å². The Morgan fingerprint density at radius 2 is 1.62 bits per heavy atom. The molecule has 1 atom stereocenters. The van der Waals surface area contributed by atoms with E-state index < -0.39 is 34.1 Å². The molecular weight excluding hydrogens is 544 g/mol. The highest BCUT2D eigenvalue weighted by atomic mass is 19.4. The van der Waals surface area contributed by atoms with E-state index in [2.05, 4.69) is 10.2 Å². The van der Waals surface area contributed by atoms with Crippen LogP contribution in [-0.4, -0.2) is 72.5 Å². The van der Waals surface area contributed by atoms with Crippen LogP contribution in [0.2, 0.25) is 0 Å². The molecule has 2 saturated heterocycles. The van der Waals surface area contributed by atoms with Crippen molar-refractivity contribution in [2.75, 3.05) is 56.0 Å². The van der Waals surface area contributed by atoms with Crippen LogP contribution in [0.1, 0.15) is 30.4 Å². The minimum atomic E-state index is -4.87. The molecule has 0 unspecified atom stereocenters. The highest BCUT2D eigenvalue weighted by Gasteiger charge is 2.39. The van der Waals surface area contributed by atoms with Gasteiger partial charge in [-0.25, -0.2) is 0 Å². The van der Waals surface area contributed by atoms with Crippen molar-refractivity contribution in [2.45, 2.75) is 37.7 Å². The number of nitrogens with one attached hydrogen (secondary N) is 1. The lowest BCUT2D eigenvalue weighted by Gasteiger charge is -2.36. The van der Waals surface area contributed by atoms with Gasteiger partial charge in [-0.3, -0.25) is 19.8 Å². The minimum absolute atomic E-state index is 0.0487. The number of nitro benzene ring substituents is 1. The van der Waals surface area contributed by atoms with Crippen LogP contribution in [0.3, 0.4) is 0 Å². The molecule has 2 aliphatic heterocycles. The van der Waals surface area contributed by atoms with E-state index in [9.17, 15) is 41.3 Å². The standard InChI is InChI=1S/C26H29F6N5O3/c27-25(28,29)18-3-6-21(7-4-18)35-14-12-34(13-15-35)10-1-2-24(38)36-11-9-20(17-36)33-19-5-8-23(37(39)40)22(16-19)26(30,31)32/h3-8,16,20,33H,1-2,9-15,17H2/t20-/m0/s1. The fourth-order valence-corrected chi connectivity index (χ4v) is 5.06. The molecular formula is C26H29F6N5O3. The van der Waals surface area contributed by atoms with Gasteiger partial charge in [-0.1, -0.05) is 0 Å². The molecule has 0 radical (unpaired) electrons. The van der Waals surface area contributed by atoms with Crippen molar-refractivity contribution in [1.29, 1.82) is 0 Å². The van der Waals surface area contributed by atoms with Crippen molar-refractivity contribution in [1.82, 2.24) is 9.80 Å². The number of rotatable bonds is 8. The van der Waals surface area contributed by atoms with Crippen LogP contribution in [-0.2, 0) is 17.1 Å². The number of hydrogen-bond donors (Lipinski definition) is 1. The maximum atomic E-state index is 13.2. The van der Waals surface area contributed by atoms with E-state index in [0.717, 1.165) is 43.0 Å². The van der Waals surface area contributed by atoms with E-state index in [1.807, 2.05) is 4.90 Å². The summed E-state index contributed by atoms with van der Waals surface area (Å²) in [6.45, 7) is 4.25. The zero-order valence-electron chi connectivity index (χ0n) is 21.5. The Labute approximate surface area is 226 Å². The van der Waals surface area contributed by atoms with Gasteiger partial charge in [0.1, 0.15) is 5.56 Å². The summed E-state index contributed by atoms with van der Waals surface area (Å²) in [6.07, 6.45) is -7.75. The Morgan fingerprint density at radius 3 is 2.23 bits per heavy atom. The smallest absolute Gasteiger partial charge is 0.380 e. The number of amides is 1. The normalized spacial score (nSPS) is 18.7. The molecule has 14 heteroatoms. The number of nitro groups is 1. The number of benzene rings is 2. The Kier molecular flexibility index (Phi) is 8.76. The summed E-state index contributed by atoms with van der Waals surface area (Å²) in [5, 5.41) is 13.9. The Balaban J connectivity index is 1.19. The number of halogens is 6. The molecule has 1 amide bonds. The second-order valence-corrected chi connectivity index (χ2v) is 9.93. The molecule has 2 heterocycles. The maximum absolute atomic E-state index is 13.2. The third-order valence-electron chi connectivity index (χ3n) is 7.21. The van der Waals surface area contributed by atoms with E-state index in [4.69, 9.17) is 0 Å². The summed E-state index contributed by atoms with van der Waals surface area (Å²) in [4.78, 5) is 28.5. The third kappa shape index (κ3) is 7.34. The van der Waals surface area contributed by atoms with E-state index in [-0.39, 0.29) is 17.6 Å². The summed E-state index contributed by atoms with van der Waals surface area (Å²) in [5.74, 6) is -0.0487. The molecule has 4 rings (SSSR count). The van der Waals surface area contributed by atoms with Gasteiger partial charge in [-0.2, -0.15) is 26.3 Å². The molecule has 0 spiro atoms. The van der Waals surface area contributed by atoms with E-state index in [0.29, 0.717) is 52.0 Å². The first kappa shape index (κ1) is 29.4. The van der Waals surface area contributed by atoms with Crippen LogP contribution in [0.25, 0.3) is 0 Å². The molecule has 0 bridgehead atoms. The van der Waals surface area contributed by atoms with Gasteiger partial charge in [0.15, 0.2) is 0 Å². The van der Waals surface area contributed by atoms with Gasteiger partial charge in [0.2, 0.25) is 5.91 Å². The number of likely N-dealkylation sites (tertiary alicyclic amines) is 1. The zero-order chi connectivity index (χ0) is 29.1. The predicted octanol–water partition coefficient (Wildman–Crippen LogP) is 5.25. The predicted molar refractivity (Wildman–Crippen MR) is 136 cm³/mol. The van der Waals surface area contributed by atoms with Gasteiger partial charge >= 0.3 is 12.4 Å². The number of hydrogen-bond acceptors (Lipinski definition) is 6. The van der Waals surface area contributed by atoms with Crippen molar-refractivity contribution in [3.8, 4) is 0 Å². The van der Waals surface area contributed by atoms with Gasteiger partial charge in [-0.15, -0.1) is 0 Å². The lowest BCUT2D eigenvalue weighted by Crippen LogP contribution is -2.46. The molecule has 0 saturated carbocycles. The van der Waals surface area contributed by atoms with Gasteiger partial charge in [0.25, 0.3) is 5.69 Å². The lowest BCUT2D eigenvalue weighted by molar-refractivity contribution is -0.388. The molecule has 218 valence electrons. The van der Waals surface area contributed by atoms with Crippen molar-refractivity contribution >= 4 is 23.0 Å². The quantitative estimate of drug-likeness (QED) is 0.264. The minimum Gasteiger partial charge on any atom is -0.380 e. The summed E-state index contributed by atoms with van der Waals surface area (Å²) >= 11 is 0. The summed E-state index contributed by atoms with van der Waals surface area (Å²) in [6, 6.07) is 7.62. The Morgan fingerprint density at radius 1 is 0.950 bits per heavy atom. The molecule has 2 aromatic rings. The first-order valence-electron chi connectivity index (χ1n) is 12.9. The molecule has 2 aliphatic rings. The van der Waals surface area contributed by atoms with Gasteiger partial charge in [0, 0.05) is 69.2 Å². The number of alkyl halides is 6. The van der Waals surface area contributed by atoms with Crippen molar-refractivity contribution < 1.29 is 36.1 Å². The van der Waals surface area contributed by atoms with Crippen LogP contribution >= 0.6 is 0 Å². The topological polar surface area (TPSA) is 82.0 Å². The monoisotopic (exact) mass is 573 g/mol. The number of nitrogens with zero attached hydrogens (tertiary/aromatic N) is 4. The van der Waals surface area contributed by atoms with Crippen molar-refractivity contribution in [3.63, 3.8) is 0 Å². The summed E-state index contributed by atoms with van der Waals surface area (Å²) < 4.78 is 78.1. The molecule has 8 nitrogen and oxygen atoms in total. The summed E-state index contributed by atoms with van der Waals surface area (Å²) in [7, 11) is 0. The second kappa shape index (κ2) is 11.9. The van der Waals surface area contributed by atoms with E-state index in [1.165, 1.54) is 18.2 Å². The first-order chi connectivity index (χ1) is 18.8. The number of carbonyl (C=O) groups excluding carboxylic acids is 1. The molecule has 1 N–H and O–H groups in total. The van der Waals surface area contributed by atoms with Crippen LogP contribution in [0.15, 0.2) is 42.5 Å². The SMILES string of the molecule is O=C(CCCN1CCN(c2ccc(C(F)(F)F)cc2)CC1)N1CC[C@H](Nc2ccc([N+](=O)[O-])c(C(F)(F)F)c2)C1. The summed E-state index contributed by atoms with van der Waals surface area (Å²) in [5.41, 5.74) is -2.17. The maximum Gasteiger partial charge on any atom is 0.423 e. The van der Waals surface area contributed by atoms with E-state index in [1.54, 1.807) is 4.90 Å². The average molecular weight is 574 g/mol. The largest absolute Gasteiger partial charge is 0.423 e. The highest BCUT2D eigenvalue weighted by molar-refractivity contribution is 5.76. The highest BCUT2D eigenvalue weighted by Crippen LogP contribution is 2.38. The lowest BCUT2D eigenvalue weighted by atomic mass is 10.1. The third-order valence-corrected chi connectivity index (χ3v) is 7.21. The van der Waals surface area contributed by atoms with Crippen LogP contribution < -0.4 is 10.2 Å². The molecule has 40 heavy (non-hydrogen) atoms. The van der Waals surface area contributed by atoms with Crippen LogP contribution in [0, 0.1) is 10.1 Å². The second-order valence-electron chi connectivity index (χ2n) is 9.93. The van der Waals surface area contributed by atoms with Crippen molar-refractivity contribution in [3.05, 3.63) is 63.7 Å².